The molecule has 0 atom stereocenters. The second-order valence-electron chi connectivity index (χ2n) is 8.96. The van der Waals surface area contributed by atoms with Gasteiger partial charge in [0.15, 0.2) is 0 Å². The molecular formula is C32H23BrO2S. The lowest BCUT2D eigenvalue weighted by atomic mass is 9.95. The highest BCUT2D eigenvalue weighted by molar-refractivity contribution is 9.09. The van der Waals surface area contributed by atoms with Gasteiger partial charge in [0.05, 0.1) is 0 Å². The number of benzene rings is 5. The SMILES string of the molecule is C=C(CBr)C(=O)Oc1ccccc1CCc1cc2ccccc2c2c1sc1ccc3ccccc3c12. The second-order valence-corrected chi connectivity index (χ2v) is 10.6. The average molecular weight is 552 g/mol. The molecule has 4 heteroatoms. The summed E-state index contributed by atoms with van der Waals surface area (Å²) in [5.74, 6) is 0.202. The smallest absolute Gasteiger partial charge is 0.339 e. The van der Waals surface area contributed by atoms with Crippen LogP contribution < -0.4 is 4.74 Å². The molecule has 0 saturated carbocycles. The standard InChI is InChI=1S/C32H23BrO2S/c1-20(19-33)32(34)35-27-13-7-4-9-22(27)14-15-24-18-23-10-3-6-12-26(23)30-29-25-11-5-2-8-21(25)16-17-28(29)36-31(24)30/h2-13,16-18H,1,14-15,19H2. The summed E-state index contributed by atoms with van der Waals surface area (Å²) < 4.78 is 8.32. The molecule has 0 aliphatic rings. The zero-order valence-electron chi connectivity index (χ0n) is 19.6. The van der Waals surface area contributed by atoms with Crippen LogP contribution in [-0.4, -0.2) is 11.3 Å². The molecule has 1 heterocycles. The number of esters is 1. The van der Waals surface area contributed by atoms with Crippen LogP contribution in [0.1, 0.15) is 11.1 Å². The van der Waals surface area contributed by atoms with Crippen molar-refractivity contribution in [2.45, 2.75) is 12.8 Å². The van der Waals surface area contributed by atoms with Crippen molar-refractivity contribution in [3.8, 4) is 5.75 Å². The highest BCUT2D eigenvalue weighted by atomic mass is 79.9. The van der Waals surface area contributed by atoms with Crippen LogP contribution in [0.3, 0.4) is 0 Å². The summed E-state index contributed by atoms with van der Waals surface area (Å²) >= 11 is 5.15. The lowest BCUT2D eigenvalue weighted by molar-refractivity contribution is -0.130. The van der Waals surface area contributed by atoms with Gasteiger partial charge in [-0.1, -0.05) is 95.3 Å². The second kappa shape index (κ2) is 9.53. The van der Waals surface area contributed by atoms with E-state index < -0.39 is 5.97 Å². The Morgan fingerprint density at radius 1 is 0.778 bits per heavy atom. The van der Waals surface area contributed by atoms with Gasteiger partial charge in [0.25, 0.3) is 0 Å². The molecule has 0 bridgehead atoms. The first-order chi connectivity index (χ1) is 17.6. The number of alkyl halides is 1. The van der Waals surface area contributed by atoms with E-state index in [4.69, 9.17) is 4.74 Å². The van der Waals surface area contributed by atoms with E-state index in [1.165, 1.54) is 47.3 Å². The molecule has 0 N–H and O–H groups in total. The number of fused-ring (bicyclic) bond motifs is 7. The molecule has 0 unspecified atom stereocenters. The Morgan fingerprint density at radius 2 is 1.44 bits per heavy atom. The summed E-state index contributed by atoms with van der Waals surface area (Å²) in [5, 5.41) is 8.18. The van der Waals surface area contributed by atoms with Crippen molar-refractivity contribution >= 4 is 75.0 Å². The minimum Gasteiger partial charge on any atom is -0.423 e. The number of hydrogen-bond acceptors (Lipinski definition) is 3. The van der Waals surface area contributed by atoms with Crippen molar-refractivity contribution in [3.05, 3.63) is 114 Å². The normalized spacial score (nSPS) is 11.5. The van der Waals surface area contributed by atoms with E-state index >= 15 is 0 Å². The Morgan fingerprint density at radius 3 is 2.25 bits per heavy atom. The minimum atomic E-state index is -0.399. The summed E-state index contributed by atoms with van der Waals surface area (Å²) in [6.45, 7) is 3.78. The summed E-state index contributed by atoms with van der Waals surface area (Å²) in [6.07, 6.45) is 1.62. The zero-order chi connectivity index (χ0) is 24.6. The maximum atomic E-state index is 12.3. The van der Waals surface area contributed by atoms with Gasteiger partial charge in [0.2, 0.25) is 0 Å². The first-order valence-electron chi connectivity index (χ1n) is 11.9. The Hall–Kier alpha value is -3.47. The molecule has 0 spiro atoms. The number of thiophene rings is 1. The fraction of sp³-hybridized carbons (Fsp3) is 0.0938. The van der Waals surface area contributed by atoms with Gasteiger partial charge in [-0.05, 0) is 63.7 Å². The van der Waals surface area contributed by atoms with E-state index in [0.29, 0.717) is 16.7 Å². The number of rotatable bonds is 6. The van der Waals surface area contributed by atoms with Crippen LogP contribution in [-0.2, 0) is 17.6 Å². The molecule has 0 aliphatic heterocycles. The van der Waals surface area contributed by atoms with Crippen molar-refractivity contribution in [1.82, 2.24) is 0 Å². The molecule has 0 fully saturated rings. The van der Waals surface area contributed by atoms with Gasteiger partial charge in [0, 0.05) is 31.1 Å². The monoisotopic (exact) mass is 550 g/mol. The highest BCUT2D eigenvalue weighted by Gasteiger charge is 2.17. The number of para-hydroxylation sites is 1. The summed E-state index contributed by atoms with van der Waals surface area (Å²) in [6, 6.07) is 31.9. The van der Waals surface area contributed by atoms with Crippen LogP contribution in [0.25, 0.3) is 41.7 Å². The first-order valence-corrected chi connectivity index (χ1v) is 13.9. The van der Waals surface area contributed by atoms with E-state index in [9.17, 15) is 4.79 Å². The third-order valence-corrected chi connectivity index (χ3v) is 8.63. The lowest BCUT2D eigenvalue weighted by Crippen LogP contribution is -2.12. The van der Waals surface area contributed by atoms with Gasteiger partial charge < -0.3 is 4.74 Å². The Balaban J connectivity index is 1.47. The third-order valence-electron chi connectivity index (χ3n) is 6.72. The lowest BCUT2D eigenvalue weighted by Gasteiger charge is -2.12. The molecule has 6 rings (SSSR count). The molecule has 176 valence electrons. The van der Waals surface area contributed by atoms with Crippen LogP contribution in [0.15, 0.2) is 103 Å². The molecule has 5 aromatic carbocycles. The van der Waals surface area contributed by atoms with Crippen molar-refractivity contribution in [2.24, 2.45) is 0 Å². The van der Waals surface area contributed by atoms with Crippen LogP contribution in [0, 0.1) is 0 Å². The van der Waals surface area contributed by atoms with Crippen molar-refractivity contribution in [1.29, 1.82) is 0 Å². The molecule has 1 aromatic heterocycles. The first kappa shape index (κ1) is 23.0. The summed E-state index contributed by atoms with van der Waals surface area (Å²) in [7, 11) is 0. The number of carbonyl (C=O) groups excluding carboxylic acids is 1. The molecule has 0 amide bonds. The molecule has 36 heavy (non-hydrogen) atoms. The van der Waals surface area contributed by atoms with Gasteiger partial charge >= 0.3 is 5.97 Å². The number of halogens is 1. The Labute approximate surface area is 221 Å². The van der Waals surface area contributed by atoms with Gasteiger partial charge in [-0.25, -0.2) is 4.79 Å². The van der Waals surface area contributed by atoms with E-state index in [1.54, 1.807) is 0 Å². The van der Waals surface area contributed by atoms with Gasteiger partial charge in [-0.3, -0.25) is 0 Å². The molecule has 0 aliphatic carbocycles. The predicted octanol–water partition coefficient (Wildman–Crippen LogP) is 9.00. The minimum absolute atomic E-state index is 0.393. The predicted molar refractivity (Wildman–Crippen MR) is 157 cm³/mol. The van der Waals surface area contributed by atoms with Gasteiger partial charge in [-0.2, -0.15) is 0 Å². The maximum absolute atomic E-state index is 12.3. The highest BCUT2D eigenvalue weighted by Crippen LogP contribution is 2.44. The van der Waals surface area contributed by atoms with Crippen LogP contribution in [0.5, 0.6) is 5.75 Å². The molecule has 6 aromatic rings. The van der Waals surface area contributed by atoms with Crippen molar-refractivity contribution in [3.63, 3.8) is 0 Å². The summed E-state index contributed by atoms with van der Waals surface area (Å²) in [4.78, 5) is 12.3. The molecule has 0 radical (unpaired) electrons. The van der Waals surface area contributed by atoms with Crippen LogP contribution in [0.2, 0.25) is 0 Å². The quantitative estimate of drug-likeness (QED) is 0.0894. The van der Waals surface area contributed by atoms with Gasteiger partial charge in [-0.15, -0.1) is 11.3 Å². The maximum Gasteiger partial charge on any atom is 0.339 e. The van der Waals surface area contributed by atoms with E-state index in [-0.39, 0.29) is 0 Å². The Kier molecular flexibility index (Phi) is 6.08. The molecule has 2 nitrogen and oxygen atoms in total. The number of carbonyl (C=O) groups is 1. The van der Waals surface area contributed by atoms with E-state index in [0.717, 1.165) is 18.4 Å². The fourth-order valence-corrected chi connectivity index (χ4v) is 6.45. The number of aryl methyl sites for hydroxylation is 2. The van der Waals surface area contributed by atoms with E-state index in [2.05, 4.69) is 89.2 Å². The average Bonchev–Trinajstić information content (AvgIpc) is 3.32. The van der Waals surface area contributed by atoms with Crippen molar-refractivity contribution < 1.29 is 9.53 Å². The molecule has 0 saturated heterocycles. The topological polar surface area (TPSA) is 26.3 Å². The number of ether oxygens (including phenoxy) is 1. The van der Waals surface area contributed by atoms with E-state index in [1.807, 2.05) is 35.6 Å². The number of hydrogen-bond donors (Lipinski definition) is 0. The van der Waals surface area contributed by atoms with Crippen LogP contribution in [0.4, 0.5) is 0 Å². The third kappa shape index (κ3) is 4.01. The Bertz CT molecular complexity index is 1800. The van der Waals surface area contributed by atoms with Crippen LogP contribution >= 0.6 is 27.3 Å². The van der Waals surface area contributed by atoms with Crippen molar-refractivity contribution in [2.75, 3.05) is 5.33 Å². The van der Waals surface area contributed by atoms with Gasteiger partial charge in [0.1, 0.15) is 5.75 Å². The largest absolute Gasteiger partial charge is 0.423 e. The zero-order valence-corrected chi connectivity index (χ0v) is 22.0. The fourth-order valence-electron chi connectivity index (χ4n) is 4.95. The summed E-state index contributed by atoms with van der Waals surface area (Å²) in [5.41, 5.74) is 2.74. The molecular weight excluding hydrogens is 528 g/mol.